The van der Waals surface area contributed by atoms with Crippen molar-refractivity contribution in [2.45, 2.75) is 5.75 Å². The van der Waals surface area contributed by atoms with Crippen LogP contribution in [0.5, 0.6) is 0 Å². The summed E-state index contributed by atoms with van der Waals surface area (Å²) < 4.78 is 26.0. The van der Waals surface area contributed by atoms with E-state index in [0.717, 1.165) is 0 Å². The molecule has 104 valence electrons. The summed E-state index contributed by atoms with van der Waals surface area (Å²) in [6.07, 6.45) is 0. The van der Waals surface area contributed by atoms with Crippen molar-refractivity contribution in [3.8, 4) is 0 Å². The maximum atomic E-state index is 13.3. The summed E-state index contributed by atoms with van der Waals surface area (Å²) in [5.41, 5.74) is 1.12. The standard InChI is InChI=1S/C15H13F2NOS/c16-12-5-7-13(8-6-12)18-15(19)10-20-9-11-3-1-2-4-14(11)17/h1-8H,9-10H2,(H,18,19). The van der Waals surface area contributed by atoms with Crippen molar-refractivity contribution < 1.29 is 13.6 Å². The summed E-state index contributed by atoms with van der Waals surface area (Å²) in [7, 11) is 0. The smallest absolute Gasteiger partial charge is 0.234 e. The van der Waals surface area contributed by atoms with Crippen molar-refractivity contribution in [2.24, 2.45) is 0 Å². The highest BCUT2D eigenvalue weighted by atomic mass is 32.2. The first-order valence-corrected chi connectivity index (χ1v) is 7.17. The summed E-state index contributed by atoms with van der Waals surface area (Å²) in [5, 5.41) is 2.65. The molecule has 0 fully saturated rings. The van der Waals surface area contributed by atoms with Gasteiger partial charge in [-0.25, -0.2) is 8.78 Å². The predicted molar refractivity (Wildman–Crippen MR) is 77.6 cm³/mol. The third kappa shape index (κ3) is 4.35. The van der Waals surface area contributed by atoms with E-state index in [0.29, 0.717) is 17.0 Å². The normalized spacial score (nSPS) is 10.3. The molecule has 2 nitrogen and oxygen atoms in total. The molecule has 0 bridgehead atoms. The van der Waals surface area contributed by atoms with E-state index in [4.69, 9.17) is 0 Å². The Morgan fingerprint density at radius 3 is 2.45 bits per heavy atom. The van der Waals surface area contributed by atoms with E-state index in [1.165, 1.54) is 42.1 Å². The number of benzene rings is 2. The second kappa shape index (κ2) is 7.05. The molecule has 2 aromatic carbocycles. The molecule has 0 saturated carbocycles. The fraction of sp³-hybridized carbons (Fsp3) is 0.133. The zero-order valence-electron chi connectivity index (χ0n) is 10.6. The molecule has 0 spiro atoms. The van der Waals surface area contributed by atoms with Crippen LogP contribution in [0.4, 0.5) is 14.5 Å². The molecule has 0 atom stereocenters. The van der Waals surface area contributed by atoms with E-state index < -0.39 is 0 Å². The van der Waals surface area contributed by atoms with Gasteiger partial charge in [-0.1, -0.05) is 18.2 Å². The van der Waals surface area contributed by atoms with Crippen LogP contribution < -0.4 is 5.32 Å². The highest BCUT2D eigenvalue weighted by Gasteiger charge is 2.05. The monoisotopic (exact) mass is 293 g/mol. The van der Waals surface area contributed by atoms with Gasteiger partial charge < -0.3 is 5.32 Å². The minimum Gasteiger partial charge on any atom is -0.325 e. The van der Waals surface area contributed by atoms with Crippen molar-refractivity contribution in [3.05, 3.63) is 65.7 Å². The van der Waals surface area contributed by atoms with Crippen LogP contribution in [0.3, 0.4) is 0 Å². The van der Waals surface area contributed by atoms with Gasteiger partial charge in [-0.15, -0.1) is 11.8 Å². The number of halogens is 2. The van der Waals surface area contributed by atoms with Crippen LogP contribution in [0.1, 0.15) is 5.56 Å². The first-order chi connectivity index (χ1) is 9.65. The number of carbonyl (C=O) groups is 1. The Morgan fingerprint density at radius 2 is 1.75 bits per heavy atom. The Labute approximate surface area is 120 Å². The molecule has 0 aliphatic carbocycles. The molecule has 2 rings (SSSR count). The minimum atomic E-state index is -0.350. The van der Waals surface area contributed by atoms with Crippen molar-refractivity contribution in [1.82, 2.24) is 0 Å². The van der Waals surface area contributed by atoms with Crippen LogP contribution in [0.25, 0.3) is 0 Å². The number of amides is 1. The Kier molecular flexibility index (Phi) is 5.12. The molecule has 0 aliphatic rings. The fourth-order valence-corrected chi connectivity index (χ4v) is 2.41. The average molecular weight is 293 g/mol. The zero-order valence-corrected chi connectivity index (χ0v) is 11.4. The number of hydrogen-bond donors (Lipinski definition) is 1. The highest BCUT2D eigenvalue weighted by Crippen LogP contribution is 2.16. The van der Waals surface area contributed by atoms with Gasteiger partial charge in [-0.2, -0.15) is 0 Å². The van der Waals surface area contributed by atoms with E-state index in [2.05, 4.69) is 5.32 Å². The quantitative estimate of drug-likeness (QED) is 0.907. The molecule has 20 heavy (non-hydrogen) atoms. The summed E-state index contributed by atoms with van der Waals surface area (Å²) in [5.74, 6) is -0.163. The first kappa shape index (κ1) is 14.5. The third-order valence-electron chi connectivity index (χ3n) is 2.58. The zero-order chi connectivity index (χ0) is 14.4. The van der Waals surface area contributed by atoms with Gasteiger partial charge >= 0.3 is 0 Å². The number of rotatable bonds is 5. The molecule has 1 amide bonds. The molecule has 0 heterocycles. The van der Waals surface area contributed by atoms with Crippen molar-refractivity contribution in [2.75, 3.05) is 11.1 Å². The minimum absolute atomic E-state index is 0.196. The molecule has 0 unspecified atom stereocenters. The number of thioether (sulfide) groups is 1. The number of nitrogens with one attached hydrogen (secondary N) is 1. The molecule has 0 radical (unpaired) electrons. The van der Waals surface area contributed by atoms with Gasteiger partial charge in [-0.3, -0.25) is 4.79 Å². The van der Waals surface area contributed by atoms with Crippen LogP contribution >= 0.6 is 11.8 Å². The first-order valence-electron chi connectivity index (χ1n) is 6.02. The lowest BCUT2D eigenvalue weighted by molar-refractivity contribution is -0.113. The SMILES string of the molecule is O=C(CSCc1ccccc1F)Nc1ccc(F)cc1. The highest BCUT2D eigenvalue weighted by molar-refractivity contribution is 7.99. The van der Waals surface area contributed by atoms with Gasteiger partial charge in [0.1, 0.15) is 11.6 Å². The summed E-state index contributed by atoms with van der Waals surface area (Å²) in [6.45, 7) is 0. The lowest BCUT2D eigenvalue weighted by Crippen LogP contribution is -2.14. The van der Waals surface area contributed by atoms with Crippen molar-refractivity contribution >= 4 is 23.4 Å². The van der Waals surface area contributed by atoms with E-state index >= 15 is 0 Å². The Bertz CT molecular complexity index is 587. The lowest BCUT2D eigenvalue weighted by atomic mass is 10.2. The number of hydrogen-bond acceptors (Lipinski definition) is 2. The van der Waals surface area contributed by atoms with Gasteiger partial charge in [0.2, 0.25) is 5.91 Å². The van der Waals surface area contributed by atoms with E-state index in [-0.39, 0.29) is 23.3 Å². The molecule has 0 saturated heterocycles. The van der Waals surface area contributed by atoms with Gasteiger partial charge in [-0.05, 0) is 35.9 Å². The maximum Gasteiger partial charge on any atom is 0.234 e. The van der Waals surface area contributed by atoms with Crippen LogP contribution in [0, 0.1) is 11.6 Å². The lowest BCUT2D eigenvalue weighted by Gasteiger charge is -2.05. The van der Waals surface area contributed by atoms with Gasteiger partial charge in [0.15, 0.2) is 0 Å². The molecule has 0 aliphatic heterocycles. The summed E-state index contributed by atoms with van der Waals surface area (Å²) in [6, 6.07) is 12.0. The van der Waals surface area contributed by atoms with Crippen LogP contribution in [-0.4, -0.2) is 11.7 Å². The topological polar surface area (TPSA) is 29.1 Å². The molecular formula is C15H13F2NOS. The van der Waals surface area contributed by atoms with Crippen LogP contribution in [0.2, 0.25) is 0 Å². The number of carbonyl (C=O) groups excluding carboxylic acids is 1. The second-order valence-electron chi connectivity index (χ2n) is 4.14. The summed E-state index contributed by atoms with van der Waals surface area (Å²) in [4.78, 5) is 11.7. The molecule has 5 heteroatoms. The Morgan fingerprint density at radius 1 is 1.05 bits per heavy atom. The van der Waals surface area contributed by atoms with E-state index in [1.54, 1.807) is 18.2 Å². The average Bonchev–Trinajstić information content (AvgIpc) is 2.43. The van der Waals surface area contributed by atoms with Gasteiger partial charge in [0, 0.05) is 11.4 Å². The van der Waals surface area contributed by atoms with E-state index in [9.17, 15) is 13.6 Å². The molecule has 2 aromatic rings. The van der Waals surface area contributed by atoms with Gasteiger partial charge in [0.05, 0.1) is 5.75 Å². The van der Waals surface area contributed by atoms with Crippen molar-refractivity contribution in [1.29, 1.82) is 0 Å². The fourth-order valence-electron chi connectivity index (χ4n) is 1.60. The Balaban J connectivity index is 1.78. The second-order valence-corrected chi connectivity index (χ2v) is 5.12. The summed E-state index contributed by atoms with van der Waals surface area (Å²) >= 11 is 1.32. The predicted octanol–water partition coefficient (Wildman–Crippen LogP) is 3.84. The largest absolute Gasteiger partial charge is 0.325 e. The molecule has 1 N–H and O–H groups in total. The van der Waals surface area contributed by atoms with Crippen molar-refractivity contribution in [3.63, 3.8) is 0 Å². The number of anilines is 1. The van der Waals surface area contributed by atoms with Crippen LogP contribution in [-0.2, 0) is 10.5 Å². The Hall–Kier alpha value is -1.88. The molecular weight excluding hydrogens is 280 g/mol. The van der Waals surface area contributed by atoms with E-state index in [1.807, 2.05) is 0 Å². The maximum absolute atomic E-state index is 13.3. The van der Waals surface area contributed by atoms with Gasteiger partial charge in [0.25, 0.3) is 0 Å². The molecule has 0 aromatic heterocycles. The van der Waals surface area contributed by atoms with Crippen LogP contribution in [0.15, 0.2) is 48.5 Å². The third-order valence-corrected chi connectivity index (χ3v) is 3.56.